The fraction of sp³-hybridized carbons (Fsp3) is 1.00. The van der Waals surface area contributed by atoms with Crippen LogP contribution in [0.25, 0.3) is 0 Å². The predicted molar refractivity (Wildman–Crippen MR) is 40.7 cm³/mol. The first-order valence-corrected chi connectivity index (χ1v) is 4.04. The van der Waals surface area contributed by atoms with Gasteiger partial charge in [-0.25, -0.2) is 4.39 Å². The molecule has 2 atom stereocenters. The Kier molecular flexibility index (Phi) is 5.60. The van der Waals surface area contributed by atoms with E-state index in [4.69, 9.17) is 5.11 Å². The summed E-state index contributed by atoms with van der Waals surface area (Å²) in [6, 6.07) is 0. The lowest BCUT2D eigenvalue weighted by Gasteiger charge is -2.12. The van der Waals surface area contributed by atoms with Gasteiger partial charge in [-0.1, -0.05) is 26.7 Å². The van der Waals surface area contributed by atoms with Crippen LogP contribution in [0.3, 0.4) is 0 Å². The van der Waals surface area contributed by atoms with Crippen LogP contribution in [-0.4, -0.2) is 17.4 Å². The molecule has 10 heavy (non-hydrogen) atoms. The molecular weight excluding hydrogens is 131 g/mol. The molecule has 0 bridgehead atoms. The van der Waals surface area contributed by atoms with Crippen LogP contribution in [0.2, 0.25) is 0 Å². The lowest BCUT2D eigenvalue weighted by molar-refractivity contribution is 0.0668. The maximum Gasteiger partial charge on any atom is 0.126 e. The largest absolute Gasteiger partial charge is 0.390 e. The van der Waals surface area contributed by atoms with Crippen LogP contribution in [0.1, 0.15) is 39.5 Å². The standard InChI is InChI=1S/C8H17FO/c1-3-5-6-8(10)7(9)4-2/h7-8,10H,3-6H2,1-2H3. The number of unbranched alkanes of at least 4 members (excludes halogenated alkanes) is 1. The molecule has 2 unspecified atom stereocenters. The fourth-order valence-electron chi connectivity index (χ4n) is 0.866. The number of aliphatic hydroxyl groups excluding tert-OH is 1. The summed E-state index contributed by atoms with van der Waals surface area (Å²) in [5.74, 6) is 0. The van der Waals surface area contributed by atoms with Gasteiger partial charge in [-0.05, 0) is 12.8 Å². The average Bonchev–Trinajstić information content (AvgIpc) is 1.98. The molecule has 0 aromatic rings. The molecule has 0 aromatic heterocycles. The molecule has 0 aromatic carbocycles. The van der Waals surface area contributed by atoms with Gasteiger partial charge in [0, 0.05) is 0 Å². The molecule has 0 radical (unpaired) electrons. The molecule has 0 aliphatic heterocycles. The Morgan fingerprint density at radius 2 is 2.00 bits per heavy atom. The first-order chi connectivity index (χ1) is 4.72. The van der Waals surface area contributed by atoms with E-state index in [-0.39, 0.29) is 0 Å². The van der Waals surface area contributed by atoms with Crippen molar-refractivity contribution in [2.24, 2.45) is 0 Å². The van der Waals surface area contributed by atoms with Crippen LogP contribution in [0.4, 0.5) is 4.39 Å². The van der Waals surface area contributed by atoms with E-state index in [0.29, 0.717) is 12.8 Å². The Labute approximate surface area is 62.3 Å². The number of alkyl halides is 1. The molecule has 0 amide bonds. The number of aliphatic hydroxyl groups is 1. The van der Waals surface area contributed by atoms with Gasteiger partial charge in [0.05, 0.1) is 6.10 Å². The van der Waals surface area contributed by atoms with E-state index in [9.17, 15) is 4.39 Å². The Morgan fingerprint density at radius 3 is 2.40 bits per heavy atom. The third kappa shape index (κ3) is 3.83. The van der Waals surface area contributed by atoms with Gasteiger partial charge < -0.3 is 5.11 Å². The Morgan fingerprint density at radius 1 is 1.40 bits per heavy atom. The van der Waals surface area contributed by atoms with Crippen molar-refractivity contribution in [1.82, 2.24) is 0 Å². The molecular formula is C8H17FO. The summed E-state index contributed by atoms with van der Waals surface area (Å²) >= 11 is 0. The van der Waals surface area contributed by atoms with Crippen molar-refractivity contribution < 1.29 is 9.50 Å². The van der Waals surface area contributed by atoms with Crippen molar-refractivity contribution in [2.45, 2.75) is 51.8 Å². The first kappa shape index (κ1) is 9.89. The molecule has 1 N–H and O–H groups in total. The minimum Gasteiger partial charge on any atom is -0.390 e. The highest BCUT2D eigenvalue weighted by atomic mass is 19.1. The second-order valence-corrected chi connectivity index (χ2v) is 2.63. The number of halogens is 1. The van der Waals surface area contributed by atoms with Gasteiger partial charge in [0.1, 0.15) is 6.17 Å². The molecule has 0 saturated heterocycles. The van der Waals surface area contributed by atoms with Crippen molar-refractivity contribution in [1.29, 1.82) is 0 Å². The number of hydrogen-bond acceptors (Lipinski definition) is 1. The van der Waals surface area contributed by atoms with Crippen LogP contribution < -0.4 is 0 Å². The van der Waals surface area contributed by atoms with Crippen molar-refractivity contribution in [3.63, 3.8) is 0 Å². The monoisotopic (exact) mass is 148 g/mol. The SMILES string of the molecule is CCCCC(O)C(F)CC. The Bertz CT molecular complexity index is 75.7. The maximum absolute atomic E-state index is 12.6. The summed E-state index contributed by atoms with van der Waals surface area (Å²) in [4.78, 5) is 0. The van der Waals surface area contributed by atoms with Crippen LogP contribution in [-0.2, 0) is 0 Å². The van der Waals surface area contributed by atoms with E-state index in [1.807, 2.05) is 6.92 Å². The van der Waals surface area contributed by atoms with E-state index >= 15 is 0 Å². The molecule has 0 heterocycles. The smallest absolute Gasteiger partial charge is 0.126 e. The van der Waals surface area contributed by atoms with Gasteiger partial charge in [0.2, 0.25) is 0 Å². The molecule has 0 saturated carbocycles. The maximum atomic E-state index is 12.6. The molecule has 62 valence electrons. The average molecular weight is 148 g/mol. The zero-order valence-electron chi connectivity index (χ0n) is 6.81. The lowest BCUT2D eigenvalue weighted by Crippen LogP contribution is -2.20. The first-order valence-electron chi connectivity index (χ1n) is 4.04. The van der Waals surface area contributed by atoms with Gasteiger partial charge in [-0.2, -0.15) is 0 Å². The lowest BCUT2D eigenvalue weighted by atomic mass is 10.1. The van der Waals surface area contributed by atoms with Gasteiger partial charge in [-0.15, -0.1) is 0 Å². The van der Waals surface area contributed by atoms with E-state index in [2.05, 4.69) is 0 Å². The molecule has 0 spiro atoms. The van der Waals surface area contributed by atoms with Crippen LogP contribution in [0.5, 0.6) is 0 Å². The third-order valence-electron chi connectivity index (χ3n) is 1.66. The van der Waals surface area contributed by atoms with Crippen molar-refractivity contribution in [3.8, 4) is 0 Å². The molecule has 0 rings (SSSR count). The quantitative estimate of drug-likeness (QED) is 0.634. The summed E-state index contributed by atoms with van der Waals surface area (Å²) in [6.07, 6.45) is 1.21. The van der Waals surface area contributed by atoms with E-state index in [1.54, 1.807) is 6.92 Å². The minimum absolute atomic E-state index is 0.422. The molecule has 0 aliphatic rings. The van der Waals surface area contributed by atoms with Crippen LogP contribution in [0.15, 0.2) is 0 Å². The van der Waals surface area contributed by atoms with Gasteiger partial charge in [0.25, 0.3) is 0 Å². The second-order valence-electron chi connectivity index (χ2n) is 2.63. The number of hydrogen-bond donors (Lipinski definition) is 1. The summed E-state index contributed by atoms with van der Waals surface area (Å²) < 4.78 is 12.6. The predicted octanol–water partition coefficient (Wildman–Crippen LogP) is 2.29. The third-order valence-corrected chi connectivity index (χ3v) is 1.66. The molecule has 0 aliphatic carbocycles. The second kappa shape index (κ2) is 5.66. The molecule has 1 nitrogen and oxygen atoms in total. The zero-order valence-corrected chi connectivity index (χ0v) is 6.81. The van der Waals surface area contributed by atoms with Crippen LogP contribution >= 0.6 is 0 Å². The zero-order chi connectivity index (χ0) is 7.98. The van der Waals surface area contributed by atoms with Gasteiger partial charge >= 0.3 is 0 Å². The Hall–Kier alpha value is -0.110. The number of rotatable bonds is 5. The van der Waals surface area contributed by atoms with Crippen molar-refractivity contribution in [2.75, 3.05) is 0 Å². The fourth-order valence-corrected chi connectivity index (χ4v) is 0.866. The van der Waals surface area contributed by atoms with Gasteiger partial charge in [0.15, 0.2) is 0 Å². The highest BCUT2D eigenvalue weighted by Crippen LogP contribution is 2.10. The summed E-state index contributed by atoms with van der Waals surface area (Å²) in [7, 11) is 0. The van der Waals surface area contributed by atoms with Gasteiger partial charge in [-0.3, -0.25) is 0 Å². The summed E-state index contributed by atoms with van der Waals surface area (Å²) in [5.41, 5.74) is 0. The Balaban J connectivity index is 3.31. The highest BCUT2D eigenvalue weighted by molar-refractivity contribution is 4.64. The van der Waals surface area contributed by atoms with Crippen LogP contribution in [0, 0.1) is 0 Å². The molecule has 2 heteroatoms. The molecule has 0 fully saturated rings. The van der Waals surface area contributed by atoms with E-state index in [0.717, 1.165) is 12.8 Å². The van der Waals surface area contributed by atoms with E-state index in [1.165, 1.54) is 0 Å². The summed E-state index contributed by atoms with van der Waals surface area (Å²) in [6.45, 7) is 3.78. The van der Waals surface area contributed by atoms with Crippen molar-refractivity contribution in [3.05, 3.63) is 0 Å². The highest BCUT2D eigenvalue weighted by Gasteiger charge is 2.14. The normalized spacial score (nSPS) is 16.8. The van der Waals surface area contributed by atoms with Crippen molar-refractivity contribution >= 4 is 0 Å². The van der Waals surface area contributed by atoms with E-state index < -0.39 is 12.3 Å². The minimum atomic E-state index is -1.02. The topological polar surface area (TPSA) is 20.2 Å². The summed E-state index contributed by atoms with van der Waals surface area (Å²) in [5, 5.41) is 9.07.